The number of Topliss-reactive ketones (excluding diaryl/α,β-unsaturated/α-hetero) is 2. The van der Waals surface area contributed by atoms with Crippen LogP contribution in [0.1, 0.15) is 69.8 Å². The van der Waals surface area contributed by atoms with E-state index < -0.39 is 23.0 Å². The molecule has 3 rings (SSSR count). The van der Waals surface area contributed by atoms with Gasteiger partial charge in [-0.1, -0.05) is 44.2 Å². The quantitative estimate of drug-likeness (QED) is 0.283. The Labute approximate surface area is 182 Å². The second kappa shape index (κ2) is 8.42. The molecule has 1 saturated heterocycles. The lowest BCUT2D eigenvalue weighted by molar-refractivity contribution is -0.141. The first kappa shape index (κ1) is 22.9. The molecule has 1 aromatic rings. The largest absolute Gasteiger partial charge is 0.507 e. The van der Waals surface area contributed by atoms with Crippen LogP contribution in [0.3, 0.4) is 0 Å². The fourth-order valence-corrected chi connectivity index (χ4v) is 3.78. The smallest absolute Gasteiger partial charge is 0.333 e. The Bertz CT molecular complexity index is 983. The van der Waals surface area contributed by atoms with Crippen LogP contribution in [-0.4, -0.2) is 41.0 Å². The fraction of sp³-hybridized carbons (Fsp3) is 0.480. The van der Waals surface area contributed by atoms with Crippen molar-refractivity contribution >= 4 is 23.3 Å². The maximum atomic E-state index is 12.6. The average molecular weight is 427 g/mol. The lowest BCUT2D eigenvalue weighted by Crippen LogP contribution is -2.30. The number of ether oxygens (including phenoxy) is 2. The number of carbonyl (C=O) groups is 3. The molecule has 31 heavy (non-hydrogen) atoms. The molecule has 1 fully saturated rings. The van der Waals surface area contributed by atoms with Crippen LogP contribution < -0.4 is 0 Å². The maximum Gasteiger partial charge on any atom is 0.333 e. The van der Waals surface area contributed by atoms with Crippen molar-refractivity contribution in [3.05, 3.63) is 52.6 Å². The number of carbonyl (C=O) groups excluding carboxylic acids is 3. The van der Waals surface area contributed by atoms with Crippen LogP contribution >= 0.6 is 0 Å². The molecule has 0 bridgehead atoms. The zero-order valence-electron chi connectivity index (χ0n) is 18.8. The van der Waals surface area contributed by atoms with Crippen molar-refractivity contribution in [2.45, 2.75) is 65.6 Å². The maximum absolute atomic E-state index is 12.6. The summed E-state index contributed by atoms with van der Waals surface area (Å²) in [5.41, 5.74) is 0.402. The van der Waals surface area contributed by atoms with Crippen LogP contribution in [0.5, 0.6) is 0 Å². The highest BCUT2D eigenvalue weighted by molar-refractivity contribution is 6.52. The van der Waals surface area contributed by atoms with Gasteiger partial charge in [-0.3, -0.25) is 9.59 Å². The van der Waals surface area contributed by atoms with Gasteiger partial charge in [0.05, 0.1) is 18.3 Å². The summed E-state index contributed by atoms with van der Waals surface area (Å²) in [6.45, 7) is 9.50. The zero-order valence-corrected chi connectivity index (χ0v) is 18.8. The van der Waals surface area contributed by atoms with Crippen LogP contribution in [0.25, 0.3) is 5.76 Å². The van der Waals surface area contributed by atoms with Gasteiger partial charge in [0.2, 0.25) is 11.6 Å². The third-order valence-corrected chi connectivity index (χ3v) is 6.10. The second-order valence-corrected chi connectivity index (χ2v) is 9.45. The number of rotatable bonds is 8. The molecule has 1 N–H and O–H groups in total. The van der Waals surface area contributed by atoms with Crippen LogP contribution in [0, 0.1) is 5.41 Å². The molecule has 0 aromatic heterocycles. The van der Waals surface area contributed by atoms with Crippen molar-refractivity contribution < 1.29 is 29.0 Å². The number of aliphatic hydroxyl groups is 1. The Hall–Kier alpha value is -2.73. The summed E-state index contributed by atoms with van der Waals surface area (Å²) < 4.78 is 11.0. The van der Waals surface area contributed by atoms with Gasteiger partial charge < -0.3 is 14.6 Å². The van der Waals surface area contributed by atoms with Gasteiger partial charge in [0.15, 0.2) is 0 Å². The number of ketones is 2. The molecule has 0 amide bonds. The number of fused-ring (bicyclic) bond motifs is 1. The number of benzene rings is 1. The summed E-state index contributed by atoms with van der Waals surface area (Å²) in [4.78, 5) is 37.3. The van der Waals surface area contributed by atoms with Gasteiger partial charge in [0, 0.05) is 27.7 Å². The molecule has 0 saturated carbocycles. The van der Waals surface area contributed by atoms with Gasteiger partial charge >= 0.3 is 5.97 Å². The monoisotopic (exact) mass is 426 g/mol. The van der Waals surface area contributed by atoms with Gasteiger partial charge in [-0.2, -0.15) is 0 Å². The van der Waals surface area contributed by atoms with E-state index in [0.717, 1.165) is 12.8 Å². The zero-order chi connectivity index (χ0) is 23.0. The average Bonchev–Trinajstić information content (AvgIpc) is 3.33. The molecule has 6 heteroatoms. The van der Waals surface area contributed by atoms with Gasteiger partial charge in [-0.25, -0.2) is 4.79 Å². The van der Waals surface area contributed by atoms with Crippen LogP contribution in [0.2, 0.25) is 0 Å². The van der Waals surface area contributed by atoms with E-state index in [0.29, 0.717) is 11.1 Å². The third kappa shape index (κ3) is 4.96. The van der Waals surface area contributed by atoms with Crippen molar-refractivity contribution in [3.63, 3.8) is 0 Å². The molecule has 1 aliphatic heterocycles. The molecule has 1 heterocycles. The predicted molar refractivity (Wildman–Crippen MR) is 117 cm³/mol. The van der Waals surface area contributed by atoms with E-state index in [1.165, 1.54) is 6.07 Å². The summed E-state index contributed by atoms with van der Waals surface area (Å²) in [5, 5.41) is 10.6. The number of hydrogen-bond acceptors (Lipinski definition) is 6. The first-order chi connectivity index (χ1) is 14.4. The van der Waals surface area contributed by atoms with Crippen molar-refractivity contribution in [3.8, 4) is 0 Å². The van der Waals surface area contributed by atoms with Gasteiger partial charge in [0.25, 0.3) is 0 Å². The van der Waals surface area contributed by atoms with E-state index in [1.807, 2.05) is 26.8 Å². The van der Waals surface area contributed by atoms with Crippen molar-refractivity contribution in [2.75, 3.05) is 6.61 Å². The lowest BCUT2D eigenvalue weighted by Gasteiger charge is -2.27. The Kier molecular flexibility index (Phi) is 6.23. The van der Waals surface area contributed by atoms with Crippen molar-refractivity contribution in [1.82, 2.24) is 0 Å². The SMILES string of the molecule is C/C(=C\CC[C@]1(C)O[C@H]1C)C(=O)OCC(C)(C)CC1=C(O)c2ccccc2C(=O)C1=O. The van der Waals surface area contributed by atoms with Gasteiger partial charge in [-0.15, -0.1) is 0 Å². The molecular formula is C25H30O6. The van der Waals surface area contributed by atoms with E-state index in [2.05, 4.69) is 6.92 Å². The molecule has 0 unspecified atom stereocenters. The molecular weight excluding hydrogens is 396 g/mol. The minimum absolute atomic E-state index is 0.0504. The molecule has 1 aliphatic carbocycles. The lowest BCUT2D eigenvalue weighted by atomic mass is 9.79. The molecule has 0 radical (unpaired) electrons. The van der Waals surface area contributed by atoms with Gasteiger partial charge in [0.1, 0.15) is 5.76 Å². The Morgan fingerprint density at radius 2 is 1.84 bits per heavy atom. The minimum Gasteiger partial charge on any atom is -0.507 e. The first-order valence-corrected chi connectivity index (χ1v) is 10.6. The summed E-state index contributed by atoms with van der Waals surface area (Å²) >= 11 is 0. The molecule has 6 nitrogen and oxygen atoms in total. The highest BCUT2D eigenvalue weighted by Gasteiger charge is 2.47. The molecule has 1 aromatic carbocycles. The second-order valence-electron chi connectivity index (χ2n) is 9.45. The Balaban J connectivity index is 1.61. The summed E-state index contributed by atoms with van der Waals surface area (Å²) in [6, 6.07) is 6.50. The predicted octanol–water partition coefficient (Wildman–Crippen LogP) is 4.58. The van der Waals surface area contributed by atoms with E-state index in [4.69, 9.17) is 9.47 Å². The minimum atomic E-state index is -0.711. The fourth-order valence-electron chi connectivity index (χ4n) is 3.78. The van der Waals surface area contributed by atoms with Crippen LogP contribution in [-0.2, 0) is 19.1 Å². The highest BCUT2D eigenvalue weighted by atomic mass is 16.6. The number of aliphatic hydroxyl groups excluding tert-OH is 1. The van der Waals surface area contributed by atoms with Crippen LogP contribution in [0.15, 0.2) is 41.5 Å². The number of esters is 1. The molecule has 0 spiro atoms. The number of hydrogen-bond donors (Lipinski definition) is 1. The Morgan fingerprint density at radius 1 is 1.23 bits per heavy atom. The Morgan fingerprint density at radius 3 is 2.45 bits per heavy atom. The topological polar surface area (TPSA) is 93.2 Å². The van der Waals surface area contributed by atoms with E-state index >= 15 is 0 Å². The van der Waals surface area contributed by atoms with E-state index in [1.54, 1.807) is 25.1 Å². The highest BCUT2D eigenvalue weighted by Crippen LogP contribution is 2.40. The first-order valence-electron chi connectivity index (χ1n) is 10.6. The van der Waals surface area contributed by atoms with Gasteiger partial charge in [-0.05, 0) is 40.0 Å². The van der Waals surface area contributed by atoms with E-state index in [-0.39, 0.29) is 41.6 Å². The molecule has 2 atom stereocenters. The normalized spacial score (nSPS) is 23.6. The van der Waals surface area contributed by atoms with Crippen molar-refractivity contribution in [2.24, 2.45) is 5.41 Å². The van der Waals surface area contributed by atoms with Crippen molar-refractivity contribution in [1.29, 1.82) is 0 Å². The summed E-state index contributed by atoms with van der Waals surface area (Å²) in [5.74, 6) is -1.94. The number of epoxide rings is 1. The summed E-state index contributed by atoms with van der Waals surface area (Å²) in [7, 11) is 0. The number of allylic oxidation sites excluding steroid dienone is 2. The standard InChI is InChI=1S/C25H30O6/c1-15(9-8-12-25(5)16(2)31-25)23(29)30-14-24(3,4)13-19-20(26)17-10-6-7-11-18(17)21(27)22(19)28/h6-7,9-11,16,26H,8,12-14H2,1-5H3/b15-9+/t16-,25-/m0/s1. The summed E-state index contributed by atoms with van der Waals surface area (Å²) in [6.07, 6.45) is 3.78. The third-order valence-electron chi connectivity index (χ3n) is 6.10. The molecule has 166 valence electrons. The van der Waals surface area contributed by atoms with E-state index in [9.17, 15) is 19.5 Å². The molecule has 2 aliphatic rings. The van der Waals surface area contributed by atoms with Crippen LogP contribution in [0.4, 0.5) is 0 Å².